The molecule has 3 rings (SSSR count). The lowest BCUT2D eigenvalue weighted by molar-refractivity contribution is -0.117. The molecule has 1 unspecified atom stereocenters. The summed E-state index contributed by atoms with van der Waals surface area (Å²) in [5, 5.41) is 6.08. The van der Waals surface area contributed by atoms with E-state index >= 15 is 0 Å². The Morgan fingerprint density at radius 3 is 2.94 bits per heavy atom. The summed E-state index contributed by atoms with van der Waals surface area (Å²) < 4.78 is 5.83. The molecule has 0 aromatic heterocycles. The van der Waals surface area contributed by atoms with E-state index in [1.54, 1.807) is 0 Å². The third-order valence-corrected chi connectivity index (χ3v) is 3.62. The number of anilines is 1. The first-order chi connectivity index (χ1) is 8.78. The van der Waals surface area contributed by atoms with Gasteiger partial charge in [0.25, 0.3) is 0 Å². The lowest BCUT2D eigenvalue weighted by Crippen LogP contribution is -2.27. The van der Waals surface area contributed by atoms with E-state index < -0.39 is 0 Å². The summed E-state index contributed by atoms with van der Waals surface area (Å²) in [6, 6.07) is 5.65. The van der Waals surface area contributed by atoms with Crippen molar-refractivity contribution in [2.45, 2.75) is 38.3 Å². The minimum Gasteiger partial charge on any atom is -0.490 e. The van der Waals surface area contributed by atoms with E-state index in [2.05, 4.69) is 10.6 Å². The first kappa shape index (κ1) is 11.5. The number of fused-ring (bicyclic) bond motifs is 1. The zero-order valence-electron chi connectivity index (χ0n) is 10.5. The fraction of sp³-hybridized carbons (Fsp3) is 0.500. The van der Waals surface area contributed by atoms with Crippen molar-refractivity contribution in [3.05, 3.63) is 23.8 Å². The molecule has 0 saturated heterocycles. The van der Waals surface area contributed by atoms with Crippen molar-refractivity contribution in [2.75, 3.05) is 11.9 Å². The molecule has 1 aliphatic heterocycles. The number of ether oxygens (including phenoxy) is 1. The van der Waals surface area contributed by atoms with Crippen LogP contribution in [0.1, 0.15) is 37.8 Å². The molecule has 0 spiro atoms. The average molecular weight is 246 g/mol. The van der Waals surface area contributed by atoms with Crippen LogP contribution < -0.4 is 15.4 Å². The number of hydrogen-bond acceptors (Lipinski definition) is 3. The van der Waals surface area contributed by atoms with Crippen LogP contribution in [0.5, 0.6) is 5.75 Å². The summed E-state index contributed by atoms with van der Waals surface area (Å²) >= 11 is 0. The second kappa shape index (κ2) is 4.61. The first-order valence-corrected chi connectivity index (χ1v) is 6.63. The Kier molecular flexibility index (Phi) is 2.96. The molecule has 96 valence electrons. The highest BCUT2D eigenvalue weighted by molar-refractivity contribution is 6.02. The summed E-state index contributed by atoms with van der Waals surface area (Å²) in [5.74, 6) is 0.878. The minimum absolute atomic E-state index is 0.0210. The molecule has 1 heterocycles. The van der Waals surface area contributed by atoms with E-state index in [0.29, 0.717) is 6.10 Å². The van der Waals surface area contributed by atoms with E-state index in [4.69, 9.17) is 4.74 Å². The Bertz CT molecular complexity index is 469. The van der Waals surface area contributed by atoms with Gasteiger partial charge >= 0.3 is 0 Å². The highest BCUT2D eigenvalue weighted by Gasteiger charge is 2.30. The Morgan fingerprint density at radius 1 is 1.44 bits per heavy atom. The van der Waals surface area contributed by atoms with Crippen LogP contribution in [0.4, 0.5) is 5.69 Å². The second-order valence-electron chi connectivity index (χ2n) is 4.90. The highest BCUT2D eigenvalue weighted by Crippen LogP contribution is 2.35. The van der Waals surface area contributed by atoms with Gasteiger partial charge in [0, 0.05) is 17.3 Å². The largest absolute Gasteiger partial charge is 0.490 e. The fourth-order valence-corrected chi connectivity index (χ4v) is 2.40. The van der Waals surface area contributed by atoms with Gasteiger partial charge in [-0.25, -0.2) is 0 Å². The molecule has 1 fully saturated rings. The Labute approximate surface area is 107 Å². The molecule has 1 amide bonds. The van der Waals surface area contributed by atoms with Gasteiger partial charge in [-0.2, -0.15) is 0 Å². The molecule has 0 radical (unpaired) electrons. The fourth-order valence-electron chi connectivity index (χ4n) is 2.40. The van der Waals surface area contributed by atoms with Crippen molar-refractivity contribution in [3.8, 4) is 5.75 Å². The summed E-state index contributed by atoms with van der Waals surface area (Å²) in [7, 11) is 0. The van der Waals surface area contributed by atoms with Crippen molar-refractivity contribution in [3.63, 3.8) is 0 Å². The van der Waals surface area contributed by atoms with Crippen molar-refractivity contribution in [1.29, 1.82) is 0 Å². The molecule has 1 aromatic rings. The Hall–Kier alpha value is -1.55. The van der Waals surface area contributed by atoms with Gasteiger partial charge in [0.05, 0.1) is 6.10 Å². The first-order valence-electron chi connectivity index (χ1n) is 6.63. The summed E-state index contributed by atoms with van der Waals surface area (Å²) in [6.45, 7) is 2.77. The minimum atomic E-state index is -0.220. The maximum atomic E-state index is 11.8. The van der Waals surface area contributed by atoms with Gasteiger partial charge in [0.15, 0.2) is 0 Å². The zero-order valence-corrected chi connectivity index (χ0v) is 10.5. The molecule has 2 aliphatic rings. The predicted octanol–water partition coefficient (Wildman–Crippen LogP) is 2.22. The molecule has 1 saturated carbocycles. The smallest absolute Gasteiger partial charge is 0.246 e. The standard InChI is InChI=1S/C14H18N2O2/c1-2-15-13-11-7-6-10(18-9-4-3-5-9)8-12(11)16-14(13)17/h6-9,13,15H,2-5H2,1H3,(H,16,17). The van der Waals surface area contributed by atoms with Crippen LogP contribution >= 0.6 is 0 Å². The molecule has 1 atom stereocenters. The van der Waals surface area contributed by atoms with Crippen molar-refractivity contribution in [1.82, 2.24) is 5.32 Å². The number of benzene rings is 1. The van der Waals surface area contributed by atoms with Gasteiger partial charge in [-0.1, -0.05) is 13.0 Å². The van der Waals surface area contributed by atoms with Gasteiger partial charge in [-0.05, 0) is 31.9 Å². The van der Waals surface area contributed by atoms with Crippen molar-refractivity contribution < 1.29 is 9.53 Å². The lowest BCUT2D eigenvalue weighted by Gasteiger charge is -2.26. The number of likely N-dealkylation sites (N-methyl/N-ethyl adjacent to an activating group) is 1. The zero-order chi connectivity index (χ0) is 12.5. The SMILES string of the molecule is CCNC1C(=O)Nc2cc(OC3CCC3)ccc21. The highest BCUT2D eigenvalue weighted by atomic mass is 16.5. The van der Waals surface area contributed by atoms with Crippen LogP contribution in [0.25, 0.3) is 0 Å². The van der Waals surface area contributed by atoms with Crippen molar-refractivity contribution >= 4 is 11.6 Å². The normalized spacial score (nSPS) is 22.3. The number of hydrogen-bond donors (Lipinski definition) is 2. The van der Waals surface area contributed by atoms with E-state index in [9.17, 15) is 4.79 Å². The van der Waals surface area contributed by atoms with Crippen molar-refractivity contribution in [2.24, 2.45) is 0 Å². The monoisotopic (exact) mass is 246 g/mol. The van der Waals surface area contributed by atoms with Crippen LogP contribution in [0.15, 0.2) is 18.2 Å². The summed E-state index contributed by atoms with van der Waals surface area (Å²) in [6.07, 6.45) is 3.91. The number of carbonyl (C=O) groups is 1. The Morgan fingerprint density at radius 2 is 2.28 bits per heavy atom. The van der Waals surface area contributed by atoms with Gasteiger partial charge in [-0.3, -0.25) is 4.79 Å². The molecule has 18 heavy (non-hydrogen) atoms. The van der Waals surface area contributed by atoms with Crippen LogP contribution in [-0.2, 0) is 4.79 Å². The summed E-state index contributed by atoms with van der Waals surface area (Å²) in [4.78, 5) is 11.8. The number of rotatable bonds is 4. The summed E-state index contributed by atoms with van der Waals surface area (Å²) in [5.41, 5.74) is 1.89. The Balaban J connectivity index is 1.79. The molecule has 4 nitrogen and oxygen atoms in total. The second-order valence-corrected chi connectivity index (χ2v) is 4.90. The molecule has 1 aromatic carbocycles. The van der Waals surface area contributed by atoms with Gasteiger partial charge in [0.2, 0.25) is 5.91 Å². The molecule has 0 bridgehead atoms. The topological polar surface area (TPSA) is 50.4 Å². The van der Waals surface area contributed by atoms with E-state index in [-0.39, 0.29) is 11.9 Å². The molecule has 2 N–H and O–H groups in total. The lowest BCUT2D eigenvalue weighted by atomic mass is 9.96. The quantitative estimate of drug-likeness (QED) is 0.856. The van der Waals surface area contributed by atoms with E-state index in [1.807, 2.05) is 25.1 Å². The van der Waals surface area contributed by atoms with Crippen LogP contribution in [-0.4, -0.2) is 18.6 Å². The van der Waals surface area contributed by atoms with Gasteiger partial charge < -0.3 is 15.4 Å². The average Bonchev–Trinajstić information content (AvgIpc) is 2.61. The van der Waals surface area contributed by atoms with Crippen LogP contribution in [0, 0.1) is 0 Å². The van der Waals surface area contributed by atoms with Gasteiger partial charge in [-0.15, -0.1) is 0 Å². The number of amides is 1. The molecule has 4 heteroatoms. The number of nitrogens with one attached hydrogen (secondary N) is 2. The predicted molar refractivity (Wildman–Crippen MR) is 69.8 cm³/mol. The van der Waals surface area contributed by atoms with E-state index in [0.717, 1.165) is 36.4 Å². The third-order valence-electron chi connectivity index (χ3n) is 3.62. The van der Waals surface area contributed by atoms with Crippen LogP contribution in [0.2, 0.25) is 0 Å². The molecule has 1 aliphatic carbocycles. The molecular formula is C14H18N2O2. The maximum absolute atomic E-state index is 11.8. The van der Waals surface area contributed by atoms with E-state index in [1.165, 1.54) is 6.42 Å². The number of carbonyl (C=O) groups excluding carboxylic acids is 1. The maximum Gasteiger partial charge on any atom is 0.246 e. The van der Waals surface area contributed by atoms with Crippen LogP contribution in [0.3, 0.4) is 0 Å². The van der Waals surface area contributed by atoms with Gasteiger partial charge in [0.1, 0.15) is 11.8 Å². The molecular weight excluding hydrogens is 228 g/mol. The third kappa shape index (κ3) is 1.97.